The highest BCUT2D eigenvalue weighted by Gasteiger charge is 2.15. The first-order valence-electron chi connectivity index (χ1n) is 6.12. The molecule has 1 unspecified atom stereocenters. The Kier molecular flexibility index (Phi) is 6.59. The average molecular weight is 289 g/mol. The predicted molar refractivity (Wildman–Crippen MR) is 73.2 cm³/mol. The van der Waals surface area contributed by atoms with Crippen LogP contribution in [0.2, 0.25) is 0 Å². The van der Waals surface area contributed by atoms with E-state index in [0.29, 0.717) is 5.75 Å². The molecule has 0 aromatic heterocycles. The lowest BCUT2D eigenvalue weighted by Gasteiger charge is -2.23. The number of amides is 1. The lowest BCUT2D eigenvalue weighted by molar-refractivity contribution is -0.123. The molecule has 1 fully saturated rings. The molecular formula is C13H18ClFN2O2. The van der Waals surface area contributed by atoms with Crippen LogP contribution in [-0.2, 0) is 4.79 Å². The first kappa shape index (κ1) is 15.7. The van der Waals surface area contributed by atoms with Gasteiger partial charge in [-0.25, -0.2) is 4.39 Å². The van der Waals surface area contributed by atoms with Crippen LogP contribution >= 0.6 is 12.4 Å². The van der Waals surface area contributed by atoms with Gasteiger partial charge in [-0.2, -0.15) is 0 Å². The van der Waals surface area contributed by atoms with Crippen molar-refractivity contribution in [3.8, 4) is 5.75 Å². The van der Waals surface area contributed by atoms with Crippen LogP contribution in [0.5, 0.6) is 5.75 Å². The van der Waals surface area contributed by atoms with Crippen molar-refractivity contribution in [1.29, 1.82) is 0 Å². The second-order valence-electron chi connectivity index (χ2n) is 4.35. The largest absolute Gasteiger partial charge is 0.484 e. The van der Waals surface area contributed by atoms with Crippen molar-refractivity contribution in [2.45, 2.75) is 18.9 Å². The molecule has 2 rings (SSSR count). The molecule has 19 heavy (non-hydrogen) atoms. The molecule has 1 aliphatic rings. The van der Waals surface area contributed by atoms with Crippen molar-refractivity contribution >= 4 is 18.3 Å². The van der Waals surface area contributed by atoms with Gasteiger partial charge in [0.25, 0.3) is 5.91 Å². The summed E-state index contributed by atoms with van der Waals surface area (Å²) in [7, 11) is 0. The number of rotatable bonds is 4. The highest BCUT2D eigenvalue weighted by molar-refractivity contribution is 5.85. The first-order valence-corrected chi connectivity index (χ1v) is 6.12. The van der Waals surface area contributed by atoms with Gasteiger partial charge in [0.05, 0.1) is 0 Å². The third-order valence-electron chi connectivity index (χ3n) is 2.85. The minimum Gasteiger partial charge on any atom is -0.484 e. The highest BCUT2D eigenvalue weighted by atomic mass is 35.5. The van der Waals surface area contributed by atoms with E-state index in [1.54, 1.807) is 0 Å². The monoisotopic (exact) mass is 288 g/mol. The Balaban J connectivity index is 0.00000180. The number of halogens is 2. The number of nitrogens with one attached hydrogen (secondary N) is 2. The van der Waals surface area contributed by atoms with Gasteiger partial charge in [0, 0.05) is 12.6 Å². The zero-order valence-electron chi connectivity index (χ0n) is 10.5. The fourth-order valence-electron chi connectivity index (χ4n) is 1.92. The van der Waals surface area contributed by atoms with E-state index in [9.17, 15) is 9.18 Å². The van der Waals surface area contributed by atoms with Crippen LogP contribution in [0.25, 0.3) is 0 Å². The Morgan fingerprint density at radius 3 is 2.79 bits per heavy atom. The van der Waals surface area contributed by atoms with Crippen molar-refractivity contribution in [2.24, 2.45) is 0 Å². The van der Waals surface area contributed by atoms with Gasteiger partial charge in [0.1, 0.15) is 11.6 Å². The fraction of sp³-hybridized carbons (Fsp3) is 0.462. The summed E-state index contributed by atoms with van der Waals surface area (Å²) in [6.45, 7) is 1.78. The van der Waals surface area contributed by atoms with E-state index in [2.05, 4.69) is 10.6 Å². The molecule has 2 N–H and O–H groups in total. The van der Waals surface area contributed by atoms with Gasteiger partial charge in [0.15, 0.2) is 6.61 Å². The molecule has 0 bridgehead atoms. The summed E-state index contributed by atoms with van der Waals surface area (Å²) in [5.41, 5.74) is 0. The van der Waals surface area contributed by atoms with E-state index in [-0.39, 0.29) is 36.8 Å². The molecule has 1 aromatic carbocycles. The smallest absolute Gasteiger partial charge is 0.258 e. The average Bonchev–Trinajstić information content (AvgIpc) is 2.39. The summed E-state index contributed by atoms with van der Waals surface area (Å²) in [6, 6.07) is 5.80. The van der Waals surface area contributed by atoms with E-state index in [4.69, 9.17) is 4.74 Å². The molecule has 0 aliphatic carbocycles. The summed E-state index contributed by atoms with van der Waals surface area (Å²) in [4.78, 5) is 11.6. The molecule has 0 spiro atoms. The molecule has 106 valence electrons. The second kappa shape index (κ2) is 7.96. The maximum absolute atomic E-state index is 12.7. The van der Waals surface area contributed by atoms with Crippen molar-refractivity contribution in [2.75, 3.05) is 19.7 Å². The number of ether oxygens (including phenoxy) is 1. The van der Waals surface area contributed by atoms with Crippen molar-refractivity contribution < 1.29 is 13.9 Å². The second-order valence-corrected chi connectivity index (χ2v) is 4.35. The van der Waals surface area contributed by atoms with Crippen LogP contribution in [0.4, 0.5) is 4.39 Å². The molecule has 1 amide bonds. The van der Waals surface area contributed by atoms with Crippen LogP contribution in [0.3, 0.4) is 0 Å². The zero-order valence-corrected chi connectivity index (χ0v) is 11.3. The van der Waals surface area contributed by atoms with Crippen molar-refractivity contribution in [1.82, 2.24) is 10.6 Å². The number of hydrogen-bond acceptors (Lipinski definition) is 3. The first-order chi connectivity index (χ1) is 8.74. The zero-order chi connectivity index (χ0) is 12.8. The molecule has 1 aromatic rings. The summed E-state index contributed by atoms with van der Waals surface area (Å²) in [6.07, 6.45) is 2.07. The molecule has 1 atom stereocenters. The Labute approximate surface area is 118 Å². The maximum atomic E-state index is 12.7. The lowest BCUT2D eigenvalue weighted by Crippen LogP contribution is -2.46. The van der Waals surface area contributed by atoms with Gasteiger partial charge in [-0.3, -0.25) is 4.79 Å². The Bertz CT molecular complexity index is 394. The number of carbonyl (C=O) groups excluding carboxylic acids is 1. The molecule has 1 saturated heterocycles. The van der Waals surface area contributed by atoms with Gasteiger partial charge in [-0.05, 0) is 43.7 Å². The fourth-order valence-corrected chi connectivity index (χ4v) is 1.92. The predicted octanol–water partition coefficient (Wildman–Crippen LogP) is 1.49. The Morgan fingerprint density at radius 2 is 2.16 bits per heavy atom. The summed E-state index contributed by atoms with van der Waals surface area (Å²) in [5.74, 6) is 0.0291. The summed E-state index contributed by atoms with van der Waals surface area (Å²) >= 11 is 0. The van der Waals surface area contributed by atoms with Crippen molar-refractivity contribution in [3.63, 3.8) is 0 Å². The van der Waals surface area contributed by atoms with E-state index >= 15 is 0 Å². The topological polar surface area (TPSA) is 50.4 Å². The molecule has 1 heterocycles. The molecule has 0 radical (unpaired) electrons. The number of hydrogen-bond donors (Lipinski definition) is 2. The molecule has 6 heteroatoms. The van der Waals surface area contributed by atoms with E-state index in [0.717, 1.165) is 25.9 Å². The van der Waals surface area contributed by atoms with E-state index < -0.39 is 0 Å². The molecule has 4 nitrogen and oxygen atoms in total. The van der Waals surface area contributed by atoms with Gasteiger partial charge in [-0.15, -0.1) is 12.4 Å². The Hall–Kier alpha value is -1.33. The minimum atomic E-state index is -0.319. The van der Waals surface area contributed by atoms with Crippen LogP contribution in [0, 0.1) is 5.82 Å². The molecule has 1 aliphatic heterocycles. The quantitative estimate of drug-likeness (QED) is 0.883. The van der Waals surface area contributed by atoms with Crippen LogP contribution < -0.4 is 15.4 Å². The third kappa shape index (κ3) is 5.44. The van der Waals surface area contributed by atoms with Crippen molar-refractivity contribution in [3.05, 3.63) is 30.1 Å². The number of benzene rings is 1. The highest BCUT2D eigenvalue weighted by Crippen LogP contribution is 2.10. The van der Waals surface area contributed by atoms with Gasteiger partial charge < -0.3 is 15.4 Å². The summed E-state index contributed by atoms with van der Waals surface area (Å²) < 4.78 is 17.9. The SMILES string of the molecule is Cl.O=C(COc1ccc(F)cc1)NC1CCCNC1. The van der Waals surface area contributed by atoms with Gasteiger partial charge in [0.2, 0.25) is 0 Å². The van der Waals surface area contributed by atoms with Crippen LogP contribution in [0.1, 0.15) is 12.8 Å². The number of carbonyl (C=O) groups is 1. The van der Waals surface area contributed by atoms with E-state index in [1.165, 1.54) is 24.3 Å². The van der Waals surface area contributed by atoms with Gasteiger partial charge >= 0.3 is 0 Å². The lowest BCUT2D eigenvalue weighted by atomic mass is 10.1. The number of piperidine rings is 1. The van der Waals surface area contributed by atoms with Crippen LogP contribution in [0.15, 0.2) is 24.3 Å². The van der Waals surface area contributed by atoms with Gasteiger partial charge in [-0.1, -0.05) is 0 Å². The summed E-state index contributed by atoms with van der Waals surface area (Å²) in [5, 5.41) is 6.12. The minimum absolute atomic E-state index is 0. The standard InChI is InChI=1S/C13H17FN2O2.ClH/c14-10-3-5-12(6-4-10)18-9-13(17)16-11-2-1-7-15-8-11;/h3-6,11,15H,1-2,7-9H2,(H,16,17);1H. The Morgan fingerprint density at radius 1 is 1.42 bits per heavy atom. The maximum Gasteiger partial charge on any atom is 0.258 e. The molecular weight excluding hydrogens is 271 g/mol. The van der Waals surface area contributed by atoms with E-state index in [1.807, 2.05) is 0 Å². The third-order valence-corrected chi connectivity index (χ3v) is 2.85. The van der Waals surface area contributed by atoms with Crippen LogP contribution in [-0.4, -0.2) is 31.6 Å². The molecule has 0 saturated carbocycles. The normalized spacial score (nSPS) is 18.3.